The Balaban J connectivity index is 1.94. The molecule has 0 aliphatic carbocycles. The number of nitrogens with zero attached hydrogens (tertiary/aromatic N) is 2. The van der Waals surface area contributed by atoms with Crippen LogP contribution in [-0.4, -0.2) is 19.2 Å². The van der Waals surface area contributed by atoms with Crippen LogP contribution in [0.1, 0.15) is 25.8 Å². The van der Waals surface area contributed by atoms with E-state index in [1.54, 1.807) is 31.3 Å². The third-order valence-corrected chi connectivity index (χ3v) is 5.96. The van der Waals surface area contributed by atoms with Gasteiger partial charge >= 0.3 is 0 Å². The van der Waals surface area contributed by atoms with E-state index >= 15 is 0 Å². The van der Waals surface area contributed by atoms with Gasteiger partial charge in [-0.1, -0.05) is 44.2 Å². The average molecular weight is 410 g/mol. The number of aromatic nitrogens is 1. The zero-order valence-electron chi connectivity index (χ0n) is 16.3. The molecule has 0 saturated carbocycles. The summed E-state index contributed by atoms with van der Waals surface area (Å²) in [5, 5.41) is 1.36. The maximum Gasteiger partial charge on any atom is 0.288 e. The summed E-state index contributed by atoms with van der Waals surface area (Å²) in [5.41, 5.74) is 3.63. The van der Waals surface area contributed by atoms with Crippen LogP contribution in [-0.2, 0) is 20.8 Å². The number of rotatable bonds is 6. The number of fused-ring (bicyclic) bond motifs is 2. The highest BCUT2D eigenvalue weighted by Gasteiger charge is 2.32. The highest BCUT2D eigenvalue weighted by molar-refractivity contribution is 7.86. The Hall–Kier alpha value is -2.90. The highest BCUT2D eigenvalue weighted by atomic mass is 32.2. The summed E-state index contributed by atoms with van der Waals surface area (Å²) >= 11 is 0. The molecule has 2 heterocycles. The molecule has 0 N–H and O–H groups in total. The van der Waals surface area contributed by atoms with E-state index in [2.05, 4.69) is 11.9 Å². The minimum atomic E-state index is -3.78. The van der Waals surface area contributed by atoms with Crippen LogP contribution in [0.25, 0.3) is 11.3 Å². The van der Waals surface area contributed by atoms with Crippen LogP contribution >= 0.6 is 0 Å². The van der Waals surface area contributed by atoms with E-state index in [1.807, 2.05) is 36.4 Å². The fourth-order valence-electron chi connectivity index (χ4n) is 3.40. The summed E-state index contributed by atoms with van der Waals surface area (Å²) in [6.45, 7) is 3.86. The van der Waals surface area contributed by atoms with Crippen LogP contribution in [0, 0.1) is 0 Å². The summed E-state index contributed by atoms with van der Waals surface area (Å²) in [6.07, 6.45) is 2.98. The van der Waals surface area contributed by atoms with Gasteiger partial charge < -0.3 is 4.74 Å². The van der Waals surface area contributed by atoms with Crippen LogP contribution in [0.15, 0.2) is 60.8 Å². The van der Waals surface area contributed by atoms with Crippen molar-refractivity contribution in [3.8, 4) is 22.8 Å². The van der Waals surface area contributed by atoms with E-state index in [4.69, 9.17) is 9.02 Å². The van der Waals surface area contributed by atoms with Crippen molar-refractivity contribution in [1.29, 1.82) is 0 Å². The minimum absolute atomic E-state index is 0.0756. The lowest BCUT2D eigenvalue weighted by molar-refractivity contribution is 0.308. The number of ether oxygens (including phenoxy) is 1. The lowest BCUT2D eigenvalue weighted by atomic mass is 10.0. The van der Waals surface area contributed by atoms with E-state index in [1.165, 1.54) is 5.06 Å². The predicted molar refractivity (Wildman–Crippen MR) is 113 cm³/mol. The Bertz CT molecular complexity index is 1150. The van der Waals surface area contributed by atoms with Crippen molar-refractivity contribution < 1.29 is 17.4 Å². The van der Waals surface area contributed by atoms with E-state index in [9.17, 15) is 8.42 Å². The van der Waals surface area contributed by atoms with Crippen LogP contribution in [0.5, 0.6) is 11.5 Å². The fraction of sp³-hybridized carbons (Fsp3) is 0.227. The van der Waals surface area contributed by atoms with Crippen LogP contribution in [0.3, 0.4) is 0 Å². The summed E-state index contributed by atoms with van der Waals surface area (Å²) in [4.78, 5) is 4.56. The predicted octanol–water partition coefficient (Wildman–Crippen LogP) is 5.23. The molecule has 0 saturated heterocycles. The molecule has 0 fully saturated rings. The number of hydrogen-bond acceptors (Lipinski definition) is 6. The molecular formula is C22H22N2O4S. The molecule has 2 aromatic carbocycles. The number of aryl methyl sites for hydroxylation is 1. The van der Waals surface area contributed by atoms with Crippen molar-refractivity contribution in [2.45, 2.75) is 26.7 Å². The Labute approximate surface area is 170 Å². The first-order chi connectivity index (χ1) is 14.0. The van der Waals surface area contributed by atoms with Crippen LogP contribution < -0.4 is 9.80 Å². The summed E-state index contributed by atoms with van der Waals surface area (Å²) in [7, 11) is -3.78. The fourth-order valence-corrected chi connectivity index (χ4v) is 4.36. The van der Waals surface area contributed by atoms with Crippen molar-refractivity contribution in [3.05, 3.63) is 66.4 Å². The molecule has 1 aliphatic heterocycles. The molecule has 29 heavy (non-hydrogen) atoms. The lowest BCUT2D eigenvalue weighted by Crippen LogP contribution is -2.27. The second kappa shape index (κ2) is 7.85. The molecule has 6 nitrogen and oxygen atoms in total. The molecule has 1 aromatic heterocycles. The Morgan fingerprint density at radius 2 is 1.79 bits per heavy atom. The normalized spacial score (nSPS) is 12.8. The van der Waals surface area contributed by atoms with Crippen molar-refractivity contribution >= 4 is 21.5 Å². The van der Waals surface area contributed by atoms with Gasteiger partial charge in [0, 0.05) is 11.8 Å². The van der Waals surface area contributed by atoms with Crippen molar-refractivity contribution in [2.24, 2.45) is 0 Å². The summed E-state index contributed by atoms with van der Waals surface area (Å²) in [6, 6.07) is 16.7. The zero-order chi connectivity index (χ0) is 20.4. The molecule has 0 unspecified atom stereocenters. The van der Waals surface area contributed by atoms with Crippen LogP contribution in [0.4, 0.5) is 11.4 Å². The van der Waals surface area contributed by atoms with Gasteiger partial charge in [-0.15, -0.1) is 4.28 Å². The Morgan fingerprint density at radius 1 is 1.00 bits per heavy atom. The van der Waals surface area contributed by atoms with Crippen molar-refractivity contribution in [3.63, 3.8) is 0 Å². The van der Waals surface area contributed by atoms with Crippen LogP contribution in [0.2, 0.25) is 0 Å². The monoisotopic (exact) mass is 410 g/mol. The van der Waals surface area contributed by atoms with Gasteiger partial charge in [0.2, 0.25) is 0 Å². The maximum atomic E-state index is 12.6. The molecule has 0 bridgehead atoms. The van der Waals surface area contributed by atoms with E-state index in [0.29, 0.717) is 29.3 Å². The molecule has 7 heteroatoms. The first-order valence-electron chi connectivity index (χ1n) is 9.60. The Morgan fingerprint density at radius 3 is 2.59 bits per heavy atom. The number of anilines is 2. The average Bonchev–Trinajstić information content (AvgIpc) is 2.73. The van der Waals surface area contributed by atoms with Crippen molar-refractivity contribution in [1.82, 2.24) is 4.98 Å². The lowest BCUT2D eigenvalue weighted by Gasteiger charge is -2.32. The summed E-state index contributed by atoms with van der Waals surface area (Å²) in [5.74, 6) is 0.967. The standard InChI is InChI=1S/C22H22N2O4S/c1-3-15-29(25,26)28-24-18-11-5-6-12-19(18)27-20-13-7-10-17(22(20)24)21-16(4-2)9-8-14-23-21/h5-14H,3-4,15H2,1-2H3. The first kappa shape index (κ1) is 19.4. The maximum absolute atomic E-state index is 12.6. The molecule has 0 radical (unpaired) electrons. The zero-order valence-corrected chi connectivity index (χ0v) is 17.1. The van der Waals surface area contributed by atoms with E-state index < -0.39 is 10.1 Å². The van der Waals surface area contributed by atoms with Gasteiger partial charge in [-0.05, 0) is 42.7 Å². The quantitative estimate of drug-likeness (QED) is 0.554. The minimum Gasteiger partial charge on any atom is -0.453 e. The van der Waals surface area contributed by atoms with Gasteiger partial charge in [-0.3, -0.25) is 4.98 Å². The number of pyridine rings is 1. The topological polar surface area (TPSA) is 68.7 Å². The smallest absolute Gasteiger partial charge is 0.288 e. The van der Waals surface area contributed by atoms with Gasteiger partial charge in [-0.25, -0.2) is 0 Å². The molecule has 150 valence electrons. The highest BCUT2D eigenvalue weighted by Crippen LogP contribution is 2.51. The van der Waals surface area contributed by atoms with E-state index in [-0.39, 0.29) is 5.75 Å². The molecule has 0 spiro atoms. The first-order valence-corrected chi connectivity index (χ1v) is 11.2. The third-order valence-electron chi connectivity index (χ3n) is 4.68. The number of para-hydroxylation sites is 3. The second-order valence-electron chi connectivity index (χ2n) is 6.72. The number of hydrogen-bond donors (Lipinski definition) is 0. The SMILES string of the molecule is CCCS(=O)(=O)ON1c2ccccc2Oc2cccc(-c3ncccc3CC)c21. The molecule has 1 aliphatic rings. The largest absolute Gasteiger partial charge is 0.453 e. The molecular weight excluding hydrogens is 388 g/mol. The molecule has 0 atom stereocenters. The second-order valence-corrected chi connectivity index (χ2v) is 8.39. The van der Waals surface area contributed by atoms with Crippen molar-refractivity contribution in [2.75, 3.05) is 10.8 Å². The van der Waals surface area contributed by atoms with Gasteiger partial charge in [0.25, 0.3) is 10.1 Å². The van der Waals surface area contributed by atoms with Gasteiger partial charge in [0.1, 0.15) is 11.4 Å². The van der Waals surface area contributed by atoms with Gasteiger partial charge in [0.15, 0.2) is 11.5 Å². The Kier molecular flexibility index (Phi) is 5.25. The van der Waals surface area contributed by atoms with Gasteiger partial charge in [0.05, 0.1) is 11.4 Å². The number of benzene rings is 2. The summed E-state index contributed by atoms with van der Waals surface area (Å²) < 4.78 is 36.8. The molecule has 0 amide bonds. The molecule has 3 aromatic rings. The molecule has 4 rings (SSSR count). The van der Waals surface area contributed by atoms with E-state index in [0.717, 1.165) is 23.2 Å². The third kappa shape index (κ3) is 3.71. The van der Waals surface area contributed by atoms with Gasteiger partial charge in [-0.2, -0.15) is 13.5 Å².